The lowest BCUT2D eigenvalue weighted by molar-refractivity contribution is -0.0366. The molecule has 1 aliphatic heterocycles. The van der Waals surface area contributed by atoms with Gasteiger partial charge in [-0.05, 0) is 30.9 Å². The van der Waals surface area contributed by atoms with Crippen molar-refractivity contribution in [2.75, 3.05) is 6.61 Å². The lowest BCUT2D eigenvalue weighted by atomic mass is 10.1. The normalized spacial score (nSPS) is 20.9. The van der Waals surface area contributed by atoms with Crippen molar-refractivity contribution in [1.82, 2.24) is 9.78 Å². The Kier molecular flexibility index (Phi) is 2.82. The Bertz CT molecular complexity index is 514. The third-order valence-electron chi connectivity index (χ3n) is 3.38. The molecule has 0 radical (unpaired) electrons. The van der Waals surface area contributed by atoms with Crippen molar-refractivity contribution in [2.24, 2.45) is 5.73 Å². The molecule has 1 aromatic carbocycles. The molecule has 90 valence electrons. The van der Waals surface area contributed by atoms with Gasteiger partial charge in [-0.15, -0.1) is 0 Å². The van der Waals surface area contributed by atoms with E-state index in [-0.39, 0.29) is 6.23 Å². The van der Waals surface area contributed by atoms with Crippen molar-refractivity contribution in [3.05, 3.63) is 30.0 Å². The minimum Gasteiger partial charge on any atom is -0.356 e. The molecule has 3 rings (SSSR count). The van der Waals surface area contributed by atoms with E-state index in [1.165, 1.54) is 6.42 Å². The Morgan fingerprint density at radius 2 is 2.35 bits per heavy atom. The molecule has 0 aliphatic carbocycles. The zero-order valence-electron chi connectivity index (χ0n) is 9.80. The predicted molar refractivity (Wildman–Crippen MR) is 66.5 cm³/mol. The quantitative estimate of drug-likeness (QED) is 0.862. The predicted octanol–water partition coefficient (Wildman–Crippen LogP) is 2.19. The topological polar surface area (TPSA) is 53.1 Å². The summed E-state index contributed by atoms with van der Waals surface area (Å²) in [5.74, 6) is 0. The van der Waals surface area contributed by atoms with Crippen LogP contribution in [0.2, 0.25) is 0 Å². The van der Waals surface area contributed by atoms with Crippen LogP contribution in [0.5, 0.6) is 0 Å². The highest BCUT2D eigenvalue weighted by atomic mass is 16.5. The van der Waals surface area contributed by atoms with E-state index in [2.05, 4.69) is 17.2 Å². The molecule has 2 aromatic rings. The van der Waals surface area contributed by atoms with E-state index in [0.717, 1.165) is 35.9 Å². The number of hydrogen-bond donors (Lipinski definition) is 1. The second kappa shape index (κ2) is 4.47. The average molecular weight is 231 g/mol. The first-order valence-corrected chi connectivity index (χ1v) is 6.17. The van der Waals surface area contributed by atoms with Crippen molar-refractivity contribution < 1.29 is 4.74 Å². The number of fused-ring (bicyclic) bond motifs is 1. The van der Waals surface area contributed by atoms with Gasteiger partial charge in [-0.3, -0.25) is 0 Å². The number of nitrogens with zero attached hydrogens (tertiary/aromatic N) is 2. The summed E-state index contributed by atoms with van der Waals surface area (Å²) in [5, 5.41) is 5.61. The Labute approximate surface area is 100 Å². The molecule has 1 aliphatic rings. The summed E-state index contributed by atoms with van der Waals surface area (Å²) in [6.07, 6.45) is 5.40. The third-order valence-corrected chi connectivity index (χ3v) is 3.38. The molecule has 0 bridgehead atoms. The van der Waals surface area contributed by atoms with Crippen LogP contribution in [0.15, 0.2) is 24.4 Å². The fraction of sp³-hybridized carbons (Fsp3) is 0.462. The molecule has 2 heterocycles. The first-order chi connectivity index (χ1) is 8.40. The lowest BCUT2D eigenvalue weighted by Crippen LogP contribution is -2.18. The van der Waals surface area contributed by atoms with Crippen LogP contribution in [0.3, 0.4) is 0 Å². The van der Waals surface area contributed by atoms with Crippen molar-refractivity contribution in [2.45, 2.75) is 32.0 Å². The molecule has 1 saturated heterocycles. The molecule has 2 N–H and O–H groups in total. The summed E-state index contributed by atoms with van der Waals surface area (Å²) < 4.78 is 7.77. The second-order valence-electron chi connectivity index (χ2n) is 4.46. The molecule has 0 saturated carbocycles. The Morgan fingerprint density at radius 3 is 3.12 bits per heavy atom. The van der Waals surface area contributed by atoms with Crippen LogP contribution in [0.1, 0.15) is 31.1 Å². The van der Waals surface area contributed by atoms with Crippen LogP contribution in [-0.2, 0) is 11.3 Å². The Morgan fingerprint density at radius 1 is 1.41 bits per heavy atom. The van der Waals surface area contributed by atoms with Crippen LogP contribution in [0.4, 0.5) is 0 Å². The number of rotatable bonds is 2. The lowest BCUT2D eigenvalue weighted by Gasteiger charge is -2.23. The summed E-state index contributed by atoms with van der Waals surface area (Å²) in [6.45, 7) is 1.39. The number of nitrogens with two attached hydrogens (primary N) is 1. The van der Waals surface area contributed by atoms with E-state index < -0.39 is 0 Å². The number of hydrogen-bond acceptors (Lipinski definition) is 3. The molecule has 1 aromatic heterocycles. The minimum absolute atomic E-state index is 0.0919. The first-order valence-electron chi connectivity index (χ1n) is 6.17. The number of benzene rings is 1. The van der Waals surface area contributed by atoms with Crippen LogP contribution < -0.4 is 5.73 Å². The van der Waals surface area contributed by atoms with Crippen LogP contribution in [0, 0.1) is 0 Å². The molecule has 4 heteroatoms. The van der Waals surface area contributed by atoms with Gasteiger partial charge in [-0.2, -0.15) is 5.10 Å². The van der Waals surface area contributed by atoms with E-state index in [9.17, 15) is 0 Å². The van der Waals surface area contributed by atoms with Gasteiger partial charge in [0.2, 0.25) is 0 Å². The van der Waals surface area contributed by atoms with Crippen LogP contribution in [0.25, 0.3) is 10.9 Å². The third kappa shape index (κ3) is 1.83. The van der Waals surface area contributed by atoms with E-state index in [4.69, 9.17) is 10.5 Å². The summed E-state index contributed by atoms with van der Waals surface area (Å²) in [6, 6.07) is 6.17. The van der Waals surface area contributed by atoms with Crippen molar-refractivity contribution >= 4 is 10.9 Å². The van der Waals surface area contributed by atoms with Gasteiger partial charge in [-0.1, -0.05) is 12.1 Å². The first kappa shape index (κ1) is 10.7. The molecule has 0 amide bonds. The van der Waals surface area contributed by atoms with E-state index >= 15 is 0 Å². The van der Waals surface area contributed by atoms with E-state index in [0.29, 0.717) is 6.54 Å². The largest absolute Gasteiger partial charge is 0.356 e. The Balaban J connectivity index is 2.05. The smallest absolute Gasteiger partial charge is 0.150 e. The number of ether oxygens (including phenoxy) is 1. The van der Waals surface area contributed by atoms with Crippen molar-refractivity contribution in [1.29, 1.82) is 0 Å². The maximum Gasteiger partial charge on any atom is 0.150 e. The minimum atomic E-state index is 0.0919. The summed E-state index contributed by atoms with van der Waals surface area (Å²) in [4.78, 5) is 0. The Hall–Kier alpha value is -1.39. The second-order valence-corrected chi connectivity index (χ2v) is 4.46. The SMILES string of the molecule is NCc1cccc2c1cnn2[C@H]1CCCCO1. The summed E-state index contributed by atoms with van der Waals surface area (Å²) in [5.41, 5.74) is 8.00. The molecule has 0 spiro atoms. The molecule has 17 heavy (non-hydrogen) atoms. The van der Waals surface area contributed by atoms with E-state index in [1.54, 1.807) is 0 Å². The van der Waals surface area contributed by atoms with Crippen LogP contribution >= 0.6 is 0 Å². The van der Waals surface area contributed by atoms with Crippen LogP contribution in [-0.4, -0.2) is 16.4 Å². The van der Waals surface area contributed by atoms with Gasteiger partial charge in [0.1, 0.15) is 0 Å². The summed E-state index contributed by atoms with van der Waals surface area (Å²) >= 11 is 0. The maximum atomic E-state index is 5.77. The molecular weight excluding hydrogens is 214 g/mol. The molecule has 0 unspecified atom stereocenters. The van der Waals surface area contributed by atoms with Gasteiger partial charge in [0.25, 0.3) is 0 Å². The zero-order valence-corrected chi connectivity index (χ0v) is 9.80. The monoisotopic (exact) mass is 231 g/mol. The summed E-state index contributed by atoms with van der Waals surface area (Å²) in [7, 11) is 0. The van der Waals surface area contributed by atoms with Gasteiger partial charge in [0, 0.05) is 18.5 Å². The highest BCUT2D eigenvalue weighted by Gasteiger charge is 2.18. The van der Waals surface area contributed by atoms with Gasteiger partial charge in [0.15, 0.2) is 6.23 Å². The maximum absolute atomic E-state index is 5.77. The standard InChI is InChI=1S/C13H17N3O/c14-8-10-4-3-5-12-11(10)9-15-16(12)13-6-1-2-7-17-13/h3-5,9,13H,1-2,6-8,14H2/t13-/m1/s1. The highest BCUT2D eigenvalue weighted by molar-refractivity contribution is 5.82. The molecule has 4 nitrogen and oxygen atoms in total. The average Bonchev–Trinajstić information content (AvgIpc) is 2.83. The van der Waals surface area contributed by atoms with E-state index in [1.807, 2.05) is 16.9 Å². The van der Waals surface area contributed by atoms with Crippen molar-refractivity contribution in [3.63, 3.8) is 0 Å². The van der Waals surface area contributed by atoms with Gasteiger partial charge in [-0.25, -0.2) is 4.68 Å². The van der Waals surface area contributed by atoms with Crippen molar-refractivity contribution in [3.8, 4) is 0 Å². The molecular formula is C13H17N3O. The fourth-order valence-electron chi connectivity index (χ4n) is 2.45. The number of aromatic nitrogens is 2. The zero-order chi connectivity index (χ0) is 11.7. The highest BCUT2D eigenvalue weighted by Crippen LogP contribution is 2.27. The molecule has 1 fully saturated rings. The van der Waals surface area contributed by atoms with Gasteiger partial charge in [0.05, 0.1) is 11.7 Å². The van der Waals surface area contributed by atoms with Gasteiger partial charge < -0.3 is 10.5 Å². The fourth-order valence-corrected chi connectivity index (χ4v) is 2.45. The molecule has 1 atom stereocenters. The van der Waals surface area contributed by atoms with Gasteiger partial charge >= 0.3 is 0 Å².